The lowest BCUT2D eigenvalue weighted by Gasteiger charge is -2.19. The van der Waals surface area contributed by atoms with Crippen molar-refractivity contribution in [1.29, 1.82) is 0 Å². The van der Waals surface area contributed by atoms with E-state index in [4.69, 9.17) is 0 Å². The highest BCUT2D eigenvalue weighted by Crippen LogP contribution is 2.23. The number of hydrogen-bond donors (Lipinski definition) is 1. The van der Waals surface area contributed by atoms with E-state index in [9.17, 15) is 4.79 Å². The fourth-order valence-electron chi connectivity index (χ4n) is 1.50. The number of thioether (sulfide) groups is 1. The molecule has 0 saturated heterocycles. The second-order valence-corrected chi connectivity index (χ2v) is 7.40. The van der Waals surface area contributed by atoms with Gasteiger partial charge in [-0.3, -0.25) is 4.79 Å². The number of benzene rings is 1. The molecule has 0 aliphatic rings. The zero-order valence-corrected chi connectivity index (χ0v) is 12.7. The minimum absolute atomic E-state index is 0.0682. The van der Waals surface area contributed by atoms with E-state index in [1.807, 2.05) is 6.92 Å². The molecule has 0 heterocycles. The second-order valence-electron chi connectivity index (χ2n) is 5.60. The van der Waals surface area contributed by atoms with Crippen LogP contribution in [0, 0.1) is 6.92 Å². The number of amides is 1. The summed E-state index contributed by atoms with van der Waals surface area (Å²) in [6.07, 6.45) is 0. The van der Waals surface area contributed by atoms with Crippen LogP contribution in [0.15, 0.2) is 24.3 Å². The molecule has 2 nitrogen and oxygen atoms in total. The molecule has 1 aromatic carbocycles. The van der Waals surface area contributed by atoms with E-state index >= 15 is 0 Å². The zero-order chi connectivity index (χ0) is 13.8. The van der Waals surface area contributed by atoms with Gasteiger partial charge in [-0.25, -0.2) is 0 Å². The van der Waals surface area contributed by atoms with Crippen molar-refractivity contribution in [2.24, 2.45) is 0 Å². The van der Waals surface area contributed by atoms with Crippen molar-refractivity contribution in [3.63, 3.8) is 0 Å². The van der Waals surface area contributed by atoms with Crippen LogP contribution in [0.5, 0.6) is 0 Å². The zero-order valence-electron chi connectivity index (χ0n) is 11.9. The van der Waals surface area contributed by atoms with Gasteiger partial charge in [-0.1, -0.05) is 50.6 Å². The third-order valence-corrected chi connectivity index (χ3v) is 3.86. The summed E-state index contributed by atoms with van der Waals surface area (Å²) in [5.41, 5.74) is 2.38. The molecule has 100 valence electrons. The topological polar surface area (TPSA) is 29.1 Å². The summed E-state index contributed by atoms with van der Waals surface area (Å²) in [6.45, 7) is 10.4. The van der Waals surface area contributed by atoms with E-state index in [2.05, 4.69) is 57.3 Å². The van der Waals surface area contributed by atoms with Crippen LogP contribution in [-0.4, -0.2) is 16.4 Å². The summed E-state index contributed by atoms with van der Waals surface area (Å²) in [7, 11) is 0. The predicted octanol–water partition coefficient (Wildman–Crippen LogP) is 3.70. The van der Waals surface area contributed by atoms with Gasteiger partial charge >= 0.3 is 0 Å². The number of aryl methyl sites for hydroxylation is 1. The highest BCUT2D eigenvalue weighted by Gasteiger charge is 2.15. The van der Waals surface area contributed by atoms with Gasteiger partial charge in [0, 0.05) is 4.75 Å². The fraction of sp³-hybridized carbons (Fsp3) is 0.533. The van der Waals surface area contributed by atoms with Crippen molar-refractivity contribution < 1.29 is 4.79 Å². The van der Waals surface area contributed by atoms with Crippen LogP contribution >= 0.6 is 11.8 Å². The van der Waals surface area contributed by atoms with Crippen LogP contribution in [0.3, 0.4) is 0 Å². The molecule has 0 radical (unpaired) electrons. The smallest absolute Gasteiger partial charge is 0.230 e. The molecule has 1 amide bonds. The standard InChI is InChI=1S/C15H23NOS/c1-11-6-8-13(9-7-11)12(2)16-14(17)10-18-15(3,4)5/h6-9,12H,10H2,1-5H3,(H,16,17). The Labute approximate surface area is 115 Å². The third kappa shape index (κ3) is 5.58. The first-order chi connectivity index (χ1) is 8.28. The van der Waals surface area contributed by atoms with Crippen molar-refractivity contribution in [2.75, 3.05) is 5.75 Å². The summed E-state index contributed by atoms with van der Waals surface area (Å²) < 4.78 is 0.129. The van der Waals surface area contributed by atoms with E-state index in [1.165, 1.54) is 5.56 Å². The Kier molecular flexibility index (Phi) is 5.27. The Morgan fingerprint density at radius 2 is 1.83 bits per heavy atom. The maximum absolute atomic E-state index is 11.8. The molecular weight excluding hydrogens is 242 g/mol. The molecule has 1 aromatic rings. The molecule has 0 aliphatic carbocycles. The summed E-state index contributed by atoms with van der Waals surface area (Å²) in [5.74, 6) is 0.614. The Morgan fingerprint density at radius 3 is 2.33 bits per heavy atom. The van der Waals surface area contributed by atoms with Crippen LogP contribution in [0.1, 0.15) is 44.9 Å². The lowest BCUT2D eigenvalue weighted by atomic mass is 10.1. The summed E-state index contributed by atoms with van der Waals surface area (Å²) >= 11 is 1.67. The van der Waals surface area contributed by atoms with Crippen LogP contribution in [0.2, 0.25) is 0 Å². The molecule has 0 bridgehead atoms. The molecule has 0 saturated carbocycles. The Bertz CT molecular complexity index is 392. The number of rotatable bonds is 4. The highest BCUT2D eigenvalue weighted by atomic mass is 32.2. The van der Waals surface area contributed by atoms with E-state index in [0.29, 0.717) is 5.75 Å². The molecule has 0 aromatic heterocycles. The Balaban J connectivity index is 2.47. The number of nitrogens with one attached hydrogen (secondary N) is 1. The molecule has 18 heavy (non-hydrogen) atoms. The lowest BCUT2D eigenvalue weighted by Crippen LogP contribution is -2.29. The van der Waals surface area contributed by atoms with Gasteiger partial charge in [-0.05, 0) is 19.4 Å². The highest BCUT2D eigenvalue weighted by molar-refractivity contribution is 8.01. The molecule has 1 N–H and O–H groups in total. The first kappa shape index (κ1) is 15.1. The van der Waals surface area contributed by atoms with Crippen molar-refractivity contribution in [3.05, 3.63) is 35.4 Å². The number of carbonyl (C=O) groups excluding carboxylic acids is 1. The summed E-state index contributed by atoms with van der Waals surface area (Å²) in [6, 6.07) is 8.34. The molecule has 1 atom stereocenters. The third-order valence-electron chi connectivity index (χ3n) is 2.59. The Morgan fingerprint density at radius 1 is 1.28 bits per heavy atom. The van der Waals surface area contributed by atoms with E-state index in [0.717, 1.165) is 5.56 Å². The van der Waals surface area contributed by atoms with Crippen molar-refractivity contribution in [1.82, 2.24) is 5.32 Å². The van der Waals surface area contributed by atoms with E-state index in [-0.39, 0.29) is 16.7 Å². The largest absolute Gasteiger partial charge is 0.349 e. The molecule has 1 unspecified atom stereocenters. The molecule has 0 spiro atoms. The van der Waals surface area contributed by atoms with Crippen molar-refractivity contribution in [3.8, 4) is 0 Å². The average molecular weight is 265 g/mol. The molecular formula is C15H23NOS. The van der Waals surface area contributed by atoms with Gasteiger partial charge in [0.1, 0.15) is 0 Å². The fourth-order valence-corrected chi connectivity index (χ4v) is 2.15. The van der Waals surface area contributed by atoms with Crippen LogP contribution in [0.25, 0.3) is 0 Å². The van der Waals surface area contributed by atoms with Gasteiger partial charge in [0.05, 0.1) is 11.8 Å². The normalized spacial score (nSPS) is 13.2. The van der Waals surface area contributed by atoms with Gasteiger partial charge in [0.2, 0.25) is 5.91 Å². The molecule has 0 fully saturated rings. The minimum Gasteiger partial charge on any atom is -0.349 e. The van der Waals surface area contributed by atoms with Gasteiger partial charge in [-0.2, -0.15) is 0 Å². The van der Waals surface area contributed by atoms with Gasteiger partial charge in [-0.15, -0.1) is 11.8 Å². The number of carbonyl (C=O) groups is 1. The monoisotopic (exact) mass is 265 g/mol. The van der Waals surface area contributed by atoms with Gasteiger partial charge in [0.15, 0.2) is 0 Å². The lowest BCUT2D eigenvalue weighted by molar-refractivity contribution is -0.119. The SMILES string of the molecule is Cc1ccc(C(C)NC(=O)CSC(C)(C)C)cc1. The maximum atomic E-state index is 11.8. The van der Waals surface area contributed by atoms with Crippen LogP contribution < -0.4 is 5.32 Å². The first-order valence-corrected chi connectivity index (χ1v) is 7.26. The molecule has 0 aliphatic heterocycles. The molecule has 1 rings (SSSR count). The van der Waals surface area contributed by atoms with Gasteiger partial charge in [0.25, 0.3) is 0 Å². The minimum atomic E-state index is 0.0682. The number of hydrogen-bond acceptors (Lipinski definition) is 2. The summed E-state index contributed by atoms with van der Waals surface area (Å²) in [4.78, 5) is 11.8. The predicted molar refractivity (Wildman–Crippen MR) is 79.9 cm³/mol. The van der Waals surface area contributed by atoms with E-state index < -0.39 is 0 Å². The quantitative estimate of drug-likeness (QED) is 0.899. The first-order valence-electron chi connectivity index (χ1n) is 6.28. The second kappa shape index (κ2) is 6.28. The summed E-state index contributed by atoms with van der Waals surface area (Å²) in [5, 5.41) is 3.03. The Hall–Kier alpha value is -0.960. The van der Waals surface area contributed by atoms with E-state index in [1.54, 1.807) is 11.8 Å². The van der Waals surface area contributed by atoms with Crippen molar-refractivity contribution >= 4 is 17.7 Å². The average Bonchev–Trinajstić information content (AvgIpc) is 2.26. The maximum Gasteiger partial charge on any atom is 0.230 e. The van der Waals surface area contributed by atoms with Crippen molar-refractivity contribution in [2.45, 2.75) is 45.4 Å². The van der Waals surface area contributed by atoms with Crippen LogP contribution in [0.4, 0.5) is 0 Å². The van der Waals surface area contributed by atoms with Crippen LogP contribution in [-0.2, 0) is 4.79 Å². The van der Waals surface area contributed by atoms with Gasteiger partial charge < -0.3 is 5.32 Å². The molecule has 3 heteroatoms.